The predicted octanol–water partition coefficient (Wildman–Crippen LogP) is 1.09. The Hall–Kier alpha value is -3.60. The van der Waals surface area contributed by atoms with Crippen molar-refractivity contribution in [3.05, 3.63) is 47.0 Å². The zero-order valence-corrected chi connectivity index (χ0v) is 15.4. The van der Waals surface area contributed by atoms with Crippen molar-refractivity contribution in [2.75, 3.05) is 18.9 Å². The van der Waals surface area contributed by atoms with Crippen molar-refractivity contribution in [3.8, 4) is 11.5 Å². The molecule has 0 spiro atoms. The lowest BCUT2D eigenvalue weighted by Gasteiger charge is -2.16. The fourth-order valence-corrected chi connectivity index (χ4v) is 3.77. The number of imide groups is 1. The fourth-order valence-electron chi connectivity index (χ4n) is 2.65. The smallest absolute Gasteiger partial charge is 0.338 e. The largest absolute Gasteiger partial charge is 0.497 e. The van der Waals surface area contributed by atoms with Crippen LogP contribution in [0.3, 0.4) is 0 Å². The molecular weight excluding hydrogens is 392 g/mol. The van der Waals surface area contributed by atoms with Crippen LogP contribution in [0.25, 0.3) is 0 Å². The third kappa shape index (κ3) is 3.22. The first-order chi connectivity index (χ1) is 13.2. The summed E-state index contributed by atoms with van der Waals surface area (Å²) in [7, 11) is -1.75. The molecule has 0 saturated carbocycles. The molecule has 0 bridgehead atoms. The first-order valence-corrected chi connectivity index (χ1v) is 9.18. The molecule has 0 aromatic heterocycles. The van der Waals surface area contributed by atoms with Crippen LogP contribution in [0.1, 0.15) is 31.1 Å². The van der Waals surface area contributed by atoms with E-state index in [0.29, 0.717) is 0 Å². The van der Waals surface area contributed by atoms with Crippen molar-refractivity contribution in [1.82, 2.24) is 5.32 Å². The molecule has 0 unspecified atom stereocenters. The topological polar surface area (TPSA) is 148 Å². The standard InChI is InChI=1S/C17H14N2O8S/c1-26-8-5-12(17(22)23)14(13(6-8)27-2)19-28(24,25)9-3-4-10-11(7-9)16(21)18-15(10)20/h3-7,19H,1-2H3,(H,22,23)(H,18,20,21). The maximum Gasteiger partial charge on any atom is 0.338 e. The average molecular weight is 406 g/mol. The van der Waals surface area contributed by atoms with E-state index in [0.717, 1.165) is 18.2 Å². The van der Waals surface area contributed by atoms with Crippen molar-refractivity contribution in [2.45, 2.75) is 4.90 Å². The zero-order valence-electron chi connectivity index (χ0n) is 14.6. The van der Waals surface area contributed by atoms with Gasteiger partial charge in [0.1, 0.15) is 17.2 Å². The maximum absolute atomic E-state index is 12.8. The number of anilines is 1. The Morgan fingerprint density at radius 2 is 1.71 bits per heavy atom. The molecule has 0 atom stereocenters. The summed E-state index contributed by atoms with van der Waals surface area (Å²) in [5.74, 6) is -2.67. The summed E-state index contributed by atoms with van der Waals surface area (Å²) >= 11 is 0. The highest BCUT2D eigenvalue weighted by molar-refractivity contribution is 7.92. The van der Waals surface area contributed by atoms with Gasteiger partial charge in [-0.05, 0) is 24.3 Å². The van der Waals surface area contributed by atoms with Gasteiger partial charge in [0.25, 0.3) is 21.8 Å². The molecule has 1 heterocycles. The number of ether oxygens (including phenoxy) is 2. The summed E-state index contributed by atoms with van der Waals surface area (Å²) < 4.78 is 37.8. The Morgan fingerprint density at radius 1 is 1.04 bits per heavy atom. The highest BCUT2D eigenvalue weighted by Crippen LogP contribution is 2.35. The van der Waals surface area contributed by atoms with Gasteiger partial charge in [-0.1, -0.05) is 0 Å². The molecule has 2 amide bonds. The van der Waals surface area contributed by atoms with E-state index >= 15 is 0 Å². The quantitative estimate of drug-likeness (QED) is 0.604. The van der Waals surface area contributed by atoms with Gasteiger partial charge in [0, 0.05) is 6.07 Å². The Kier molecular flexibility index (Phi) is 4.69. The first kappa shape index (κ1) is 19.2. The minimum atomic E-state index is -4.31. The molecule has 2 aromatic carbocycles. The number of carboxylic acids is 1. The number of carbonyl (C=O) groups is 3. The molecule has 1 aliphatic heterocycles. The van der Waals surface area contributed by atoms with Crippen LogP contribution >= 0.6 is 0 Å². The number of rotatable bonds is 6. The maximum atomic E-state index is 12.8. The van der Waals surface area contributed by atoms with E-state index in [1.54, 1.807) is 0 Å². The van der Waals surface area contributed by atoms with Crippen LogP contribution in [0.4, 0.5) is 5.69 Å². The van der Waals surface area contributed by atoms with Crippen LogP contribution in [0.5, 0.6) is 11.5 Å². The van der Waals surface area contributed by atoms with Crippen LogP contribution < -0.4 is 19.5 Å². The molecule has 0 saturated heterocycles. The number of sulfonamides is 1. The molecule has 2 aromatic rings. The number of carbonyl (C=O) groups excluding carboxylic acids is 2. The molecule has 3 N–H and O–H groups in total. The average Bonchev–Trinajstić information content (AvgIpc) is 2.94. The second-order valence-corrected chi connectivity index (χ2v) is 7.34. The van der Waals surface area contributed by atoms with Crippen molar-refractivity contribution in [3.63, 3.8) is 0 Å². The predicted molar refractivity (Wildman–Crippen MR) is 95.6 cm³/mol. The molecule has 0 fully saturated rings. The van der Waals surface area contributed by atoms with E-state index < -0.39 is 33.4 Å². The van der Waals surface area contributed by atoms with E-state index in [1.165, 1.54) is 26.4 Å². The second-order valence-electron chi connectivity index (χ2n) is 5.65. The molecule has 0 radical (unpaired) electrons. The lowest BCUT2D eigenvalue weighted by Crippen LogP contribution is -2.20. The number of hydrogen-bond donors (Lipinski definition) is 3. The molecule has 11 heteroatoms. The summed E-state index contributed by atoms with van der Waals surface area (Å²) in [5, 5.41) is 11.5. The van der Waals surface area contributed by atoms with Gasteiger partial charge < -0.3 is 14.6 Å². The Balaban J connectivity index is 2.09. The monoisotopic (exact) mass is 406 g/mol. The summed E-state index contributed by atoms with van der Waals surface area (Å²) in [6, 6.07) is 5.83. The Morgan fingerprint density at radius 3 is 2.32 bits per heavy atom. The van der Waals surface area contributed by atoms with Gasteiger partial charge in [0.05, 0.1) is 35.8 Å². The fraction of sp³-hybridized carbons (Fsp3) is 0.118. The molecular formula is C17H14N2O8S. The number of aromatic carboxylic acids is 1. The van der Waals surface area contributed by atoms with Crippen molar-refractivity contribution >= 4 is 33.5 Å². The van der Waals surface area contributed by atoms with E-state index in [9.17, 15) is 27.9 Å². The van der Waals surface area contributed by atoms with Crippen molar-refractivity contribution in [2.24, 2.45) is 0 Å². The van der Waals surface area contributed by atoms with Crippen LogP contribution in [0.15, 0.2) is 35.2 Å². The molecule has 0 aliphatic carbocycles. The molecule has 10 nitrogen and oxygen atoms in total. The number of amides is 2. The number of nitrogens with one attached hydrogen (secondary N) is 2. The lowest BCUT2D eigenvalue weighted by atomic mass is 10.1. The van der Waals surface area contributed by atoms with E-state index in [-0.39, 0.29) is 33.2 Å². The zero-order chi connectivity index (χ0) is 20.6. The third-order valence-electron chi connectivity index (χ3n) is 4.02. The minimum absolute atomic E-state index is 0.0530. The summed E-state index contributed by atoms with van der Waals surface area (Å²) in [5.41, 5.74) is -0.740. The van der Waals surface area contributed by atoms with Crippen molar-refractivity contribution in [1.29, 1.82) is 0 Å². The highest BCUT2D eigenvalue weighted by Gasteiger charge is 2.30. The number of hydrogen-bond acceptors (Lipinski definition) is 7. The number of carboxylic acid groups (broad SMARTS) is 1. The molecule has 146 valence electrons. The summed E-state index contributed by atoms with van der Waals surface area (Å²) in [4.78, 5) is 34.6. The Labute approximate surface area is 159 Å². The highest BCUT2D eigenvalue weighted by atomic mass is 32.2. The number of fused-ring (bicyclic) bond motifs is 1. The van der Waals surface area contributed by atoms with E-state index in [2.05, 4.69) is 10.0 Å². The van der Waals surface area contributed by atoms with Crippen LogP contribution in [0.2, 0.25) is 0 Å². The van der Waals surface area contributed by atoms with Gasteiger partial charge in [0.15, 0.2) is 0 Å². The van der Waals surface area contributed by atoms with Crippen LogP contribution in [-0.2, 0) is 10.0 Å². The first-order valence-electron chi connectivity index (χ1n) is 7.70. The number of methoxy groups -OCH3 is 2. The van der Waals surface area contributed by atoms with Gasteiger partial charge in [-0.3, -0.25) is 19.6 Å². The van der Waals surface area contributed by atoms with Crippen LogP contribution in [-0.4, -0.2) is 45.5 Å². The van der Waals surface area contributed by atoms with Gasteiger partial charge in [-0.15, -0.1) is 0 Å². The summed E-state index contributed by atoms with van der Waals surface area (Å²) in [6.07, 6.45) is 0. The van der Waals surface area contributed by atoms with E-state index in [1.807, 2.05) is 0 Å². The van der Waals surface area contributed by atoms with Gasteiger partial charge in [0.2, 0.25) is 0 Å². The van der Waals surface area contributed by atoms with E-state index in [4.69, 9.17) is 9.47 Å². The third-order valence-corrected chi connectivity index (χ3v) is 5.36. The normalized spacial score (nSPS) is 12.9. The second kappa shape index (κ2) is 6.85. The summed E-state index contributed by atoms with van der Waals surface area (Å²) in [6.45, 7) is 0. The SMILES string of the molecule is COc1cc(OC)c(NS(=O)(=O)c2ccc3c(c2)C(=O)NC3=O)c(C(=O)O)c1. The lowest BCUT2D eigenvalue weighted by molar-refractivity contribution is 0.0696. The van der Waals surface area contributed by atoms with Crippen LogP contribution in [0, 0.1) is 0 Å². The number of benzene rings is 2. The van der Waals surface area contributed by atoms with Gasteiger partial charge in [-0.25, -0.2) is 13.2 Å². The van der Waals surface area contributed by atoms with Crippen molar-refractivity contribution < 1.29 is 37.4 Å². The minimum Gasteiger partial charge on any atom is -0.497 e. The molecule has 3 rings (SSSR count). The van der Waals surface area contributed by atoms with Gasteiger partial charge in [-0.2, -0.15) is 0 Å². The Bertz CT molecular complexity index is 1120. The molecule has 1 aliphatic rings. The van der Waals surface area contributed by atoms with Gasteiger partial charge >= 0.3 is 5.97 Å². The molecule has 28 heavy (non-hydrogen) atoms.